The van der Waals surface area contributed by atoms with Crippen molar-refractivity contribution in [3.05, 3.63) is 127 Å². The molecular formula is C42H46IrNO2-. The molecule has 1 N–H and O–H groups in total. The van der Waals surface area contributed by atoms with Crippen molar-refractivity contribution in [1.82, 2.24) is 4.98 Å². The molecule has 0 saturated heterocycles. The number of hydrogen-bond acceptors (Lipinski definition) is 3. The van der Waals surface area contributed by atoms with Crippen molar-refractivity contribution in [3.8, 4) is 33.5 Å². The Labute approximate surface area is 289 Å². The van der Waals surface area contributed by atoms with Gasteiger partial charge in [-0.1, -0.05) is 127 Å². The number of fused-ring (bicyclic) bond motifs is 1. The Kier molecular flexibility index (Phi) is 13.2. The van der Waals surface area contributed by atoms with Crippen molar-refractivity contribution < 1.29 is 30.0 Å². The van der Waals surface area contributed by atoms with Gasteiger partial charge in [-0.15, -0.1) is 35.4 Å². The summed E-state index contributed by atoms with van der Waals surface area (Å²) in [5.74, 6) is 0.979. The number of benzene rings is 4. The van der Waals surface area contributed by atoms with E-state index in [1.54, 1.807) is 0 Å². The Morgan fingerprint density at radius 3 is 2.09 bits per heavy atom. The van der Waals surface area contributed by atoms with Crippen LogP contribution in [0.2, 0.25) is 0 Å². The molecule has 1 heterocycles. The van der Waals surface area contributed by atoms with Crippen LogP contribution in [0.5, 0.6) is 0 Å². The molecule has 0 spiro atoms. The summed E-state index contributed by atoms with van der Waals surface area (Å²) < 4.78 is 0. The molecule has 3 nitrogen and oxygen atoms in total. The number of rotatable bonds is 8. The zero-order valence-electron chi connectivity index (χ0n) is 28.1. The van der Waals surface area contributed by atoms with E-state index in [1.165, 1.54) is 39.3 Å². The Morgan fingerprint density at radius 1 is 0.783 bits per heavy atom. The van der Waals surface area contributed by atoms with E-state index in [2.05, 4.69) is 118 Å². The summed E-state index contributed by atoms with van der Waals surface area (Å²) in [5, 5.41) is 10.5. The normalized spacial score (nSPS) is 11.6. The van der Waals surface area contributed by atoms with Crippen LogP contribution in [0, 0.1) is 17.9 Å². The molecule has 0 atom stereocenters. The molecule has 46 heavy (non-hydrogen) atoms. The average Bonchev–Trinajstić information content (AvgIpc) is 3.00. The Balaban J connectivity index is 0.000000352. The van der Waals surface area contributed by atoms with E-state index in [-0.39, 0.29) is 37.1 Å². The number of hydrogen-bond donors (Lipinski definition) is 1. The molecule has 0 bridgehead atoms. The molecule has 0 amide bonds. The Bertz CT molecular complexity index is 1750. The third-order valence-electron chi connectivity index (χ3n) is 7.53. The summed E-state index contributed by atoms with van der Waals surface area (Å²) in [7, 11) is 0. The number of aliphatic hydroxyl groups excluding tert-OH is 1. The standard InChI is InChI=1S/C31H26N.C11H20O2.Ir/c1-31(2,3)26-17-15-23(16-18-26)27-13-8-14-30-28(27)19-20-29(32-30)25-12-7-11-24(21-25)22-9-5-4-6-10-22;1-8(2)5-10(12)7-11(13)6-9(3)4;/h4-11,13-21H,1-3H3;7-9,12H,5-6H2,1-4H3;/q-1;;/b;10-7-;. The van der Waals surface area contributed by atoms with Crippen LogP contribution in [0.15, 0.2) is 115 Å². The van der Waals surface area contributed by atoms with Crippen molar-refractivity contribution in [3.63, 3.8) is 0 Å². The second-order valence-electron chi connectivity index (χ2n) is 13.6. The van der Waals surface area contributed by atoms with Gasteiger partial charge in [-0.05, 0) is 51.3 Å². The number of allylic oxidation sites excluding steroid dienone is 2. The van der Waals surface area contributed by atoms with E-state index < -0.39 is 0 Å². The van der Waals surface area contributed by atoms with Gasteiger partial charge in [0.15, 0.2) is 5.78 Å². The predicted molar refractivity (Wildman–Crippen MR) is 190 cm³/mol. The summed E-state index contributed by atoms with van der Waals surface area (Å²) in [6.07, 6.45) is 2.46. The Hall–Kier alpha value is -3.85. The van der Waals surface area contributed by atoms with Crippen molar-refractivity contribution in [2.45, 2.75) is 66.7 Å². The number of pyridine rings is 1. The van der Waals surface area contributed by atoms with Crippen LogP contribution >= 0.6 is 0 Å². The van der Waals surface area contributed by atoms with Gasteiger partial charge in [0.2, 0.25) is 0 Å². The first kappa shape index (κ1) is 36.6. The first-order valence-electron chi connectivity index (χ1n) is 15.9. The summed E-state index contributed by atoms with van der Waals surface area (Å²) in [6, 6.07) is 39.6. The third kappa shape index (κ3) is 10.3. The van der Waals surface area contributed by atoms with Crippen LogP contribution in [0.25, 0.3) is 44.4 Å². The van der Waals surface area contributed by atoms with Gasteiger partial charge in [-0.2, -0.15) is 0 Å². The van der Waals surface area contributed by atoms with Crippen LogP contribution in [-0.2, 0) is 30.3 Å². The van der Waals surface area contributed by atoms with E-state index >= 15 is 0 Å². The van der Waals surface area contributed by atoms with E-state index in [9.17, 15) is 9.90 Å². The van der Waals surface area contributed by atoms with Gasteiger partial charge in [0, 0.05) is 44.4 Å². The minimum absolute atomic E-state index is 0. The molecule has 1 aromatic heterocycles. The fourth-order valence-electron chi connectivity index (χ4n) is 5.26. The van der Waals surface area contributed by atoms with Gasteiger partial charge in [0.1, 0.15) is 0 Å². The molecule has 5 rings (SSSR count). The monoisotopic (exact) mass is 789 g/mol. The van der Waals surface area contributed by atoms with Gasteiger partial charge in [0.05, 0.1) is 11.3 Å². The molecule has 1 radical (unpaired) electrons. The zero-order valence-corrected chi connectivity index (χ0v) is 30.5. The largest absolute Gasteiger partial charge is 0.512 e. The van der Waals surface area contributed by atoms with Gasteiger partial charge < -0.3 is 5.11 Å². The molecule has 0 saturated carbocycles. The molecule has 0 aliphatic heterocycles. The molecule has 241 valence electrons. The molecule has 5 aromatic rings. The van der Waals surface area contributed by atoms with Gasteiger partial charge in [-0.3, -0.25) is 9.78 Å². The van der Waals surface area contributed by atoms with E-state index in [4.69, 9.17) is 4.98 Å². The SMILES string of the molecule is CC(C)(C)c1ccc(-c2cccc3nc(-c4[c-]ccc(-c5ccccc5)c4)ccc23)cc1.CC(C)CC(=O)/C=C(\O)CC(C)C.[Ir]. The quantitative estimate of drug-likeness (QED) is 0.0968. The van der Waals surface area contributed by atoms with Gasteiger partial charge in [-0.25, -0.2) is 0 Å². The number of nitrogens with zero attached hydrogens (tertiary/aromatic N) is 1. The minimum Gasteiger partial charge on any atom is -0.512 e. The van der Waals surface area contributed by atoms with Crippen LogP contribution < -0.4 is 0 Å². The molecule has 0 aliphatic carbocycles. The topological polar surface area (TPSA) is 50.2 Å². The van der Waals surface area contributed by atoms with Crippen LogP contribution in [0.4, 0.5) is 0 Å². The summed E-state index contributed by atoms with van der Waals surface area (Å²) in [6.45, 7) is 14.7. The molecule has 4 aromatic carbocycles. The van der Waals surface area contributed by atoms with Crippen molar-refractivity contribution in [1.29, 1.82) is 0 Å². The van der Waals surface area contributed by atoms with Crippen LogP contribution in [0.3, 0.4) is 0 Å². The molecular weight excluding hydrogens is 743 g/mol. The van der Waals surface area contributed by atoms with Crippen molar-refractivity contribution in [2.24, 2.45) is 11.8 Å². The first-order chi connectivity index (χ1) is 21.4. The number of aliphatic hydroxyl groups is 1. The molecule has 0 aliphatic rings. The predicted octanol–water partition coefficient (Wildman–Crippen LogP) is 11.4. The molecule has 0 unspecified atom stereocenters. The van der Waals surface area contributed by atoms with E-state index in [1.807, 2.05) is 39.8 Å². The maximum absolute atomic E-state index is 11.2. The minimum atomic E-state index is 0. The maximum Gasteiger partial charge on any atom is 0.159 e. The second-order valence-corrected chi connectivity index (χ2v) is 13.6. The molecule has 0 fully saturated rings. The fourth-order valence-corrected chi connectivity index (χ4v) is 5.26. The molecule has 4 heteroatoms. The fraction of sp³-hybridized carbons (Fsp3) is 0.286. The number of carbonyl (C=O) groups excluding carboxylic acids is 1. The Morgan fingerprint density at radius 2 is 1.46 bits per heavy atom. The summed E-state index contributed by atoms with van der Waals surface area (Å²) in [4.78, 5) is 16.2. The first-order valence-corrected chi connectivity index (χ1v) is 15.9. The summed E-state index contributed by atoms with van der Waals surface area (Å²) in [5.41, 5.74) is 9.24. The van der Waals surface area contributed by atoms with Crippen molar-refractivity contribution in [2.75, 3.05) is 0 Å². The van der Waals surface area contributed by atoms with Crippen LogP contribution in [-0.4, -0.2) is 15.9 Å². The maximum atomic E-state index is 11.2. The second kappa shape index (κ2) is 16.6. The number of carbonyl (C=O) groups is 1. The van der Waals surface area contributed by atoms with Crippen molar-refractivity contribution >= 4 is 16.7 Å². The summed E-state index contributed by atoms with van der Waals surface area (Å²) >= 11 is 0. The average molecular weight is 789 g/mol. The number of ketones is 1. The van der Waals surface area contributed by atoms with Gasteiger partial charge in [0.25, 0.3) is 0 Å². The smallest absolute Gasteiger partial charge is 0.159 e. The van der Waals surface area contributed by atoms with E-state index in [0.717, 1.165) is 16.8 Å². The van der Waals surface area contributed by atoms with E-state index in [0.29, 0.717) is 24.7 Å². The zero-order chi connectivity index (χ0) is 32.6. The third-order valence-corrected chi connectivity index (χ3v) is 7.53. The van der Waals surface area contributed by atoms with Crippen LogP contribution in [0.1, 0.15) is 66.9 Å². The number of aromatic nitrogens is 1. The van der Waals surface area contributed by atoms with Gasteiger partial charge >= 0.3 is 0 Å².